The summed E-state index contributed by atoms with van der Waals surface area (Å²) in [5.41, 5.74) is 3.42. The fraction of sp³-hybridized carbons (Fsp3) is 0.312. The van der Waals surface area contributed by atoms with Gasteiger partial charge >= 0.3 is 0 Å². The summed E-state index contributed by atoms with van der Waals surface area (Å²) in [6.45, 7) is 3.86. The number of rotatable bonds is 5. The van der Waals surface area contributed by atoms with Gasteiger partial charge in [0.15, 0.2) is 5.16 Å². The van der Waals surface area contributed by atoms with Crippen LogP contribution in [-0.2, 0) is 11.2 Å². The van der Waals surface area contributed by atoms with Gasteiger partial charge in [-0.3, -0.25) is 4.79 Å². The maximum Gasteiger partial charge on any atom is 0.224 e. The quantitative estimate of drug-likeness (QED) is 0.677. The van der Waals surface area contributed by atoms with Crippen LogP contribution in [0.2, 0.25) is 0 Å². The van der Waals surface area contributed by atoms with Gasteiger partial charge in [0.1, 0.15) is 5.82 Å². The van der Waals surface area contributed by atoms with Crippen molar-refractivity contribution in [3.05, 3.63) is 47.0 Å². The molecule has 22 heavy (non-hydrogen) atoms. The lowest BCUT2D eigenvalue weighted by Crippen LogP contribution is -2.13. The van der Waals surface area contributed by atoms with E-state index < -0.39 is 0 Å². The first-order valence-corrected chi connectivity index (χ1v) is 8.15. The molecular formula is C16H18FN3OS. The summed E-state index contributed by atoms with van der Waals surface area (Å²) in [5, 5.41) is 3.50. The van der Waals surface area contributed by atoms with E-state index >= 15 is 0 Å². The number of carbonyl (C=O) groups is 1. The van der Waals surface area contributed by atoms with Gasteiger partial charge in [-0.05, 0) is 56.4 Å². The predicted molar refractivity (Wildman–Crippen MR) is 86.6 cm³/mol. The highest BCUT2D eigenvalue weighted by Crippen LogP contribution is 2.17. The van der Waals surface area contributed by atoms with Crippen LogP contribution in [-0.4, -0.2) is 22.1 Å². The van der Waals surface area contributed by atoms with Crippen molar-refractivity contribution in [1.82, 2.24) is 9.97 Å². The van der Waals surface area contributed by atoms with Crippen LogP contribution in [0.3, 0.4) is 0 Å². The average molecular weight is 319 g/mol. The number of thioether (sulfide) groups is 1. The van der Waals surface area contributed by atoms with E-state index in [1.54, 1.807) is 12.1 Å². The Labute approximate surface area is 133 Å². The van der Waals surface area contributed by atoms with Gasteiger partial charge in [0.05, 0.1) is 0 Å². The van der Waals surface area contributed by atoms with E-state index in [9.17, 15) is 9.18 Å². The largest absolute Gasteiger partial charge is 0.326 e. The number of aryl methyl sites for hydroxylation is 2. The minimum atomic E-state index is -0.324. The van der Waals surface area contributed by atoms with Crippen LogP contribution in [0.15, 0.2) is 29.4 Å². The molecule has 1 amide bonds. The first-order valence-electron chi connectivity index (χ1n) is 6.93. The normalized spacial score (nSPS) is 10.5. The monoisotopic (exact) mass is 319 g/mol. The van der Waals surface area contributed by atoms with Crippen LogP contribution in [0.25, 0.3) is 0 Å². The van der Waals surface area contributed by atoms with Gasteiger partial charge in [0.25, 0.3) is 0 Å². The summed E-state index contributed by atoms with van der Waals surface area (Å²) < 4.78 is 12.8. The van der Waals surface area contributed by atoms with Crippen molar-refractivity contribution in [3.8, 4) is 0 Å². The van der Waals surface area contributed by atoms with Crippen molar-refractivity contribution < 1.29 is 9.18 Å². The molecule has 0 fully saturated rings. The molecule has 0 unspecified atom stereocenters. The van der Waals surface area contributed by atoms with Crippen molar-refractivity contribution in [2.24, 2.45) is 0 Å². The van der Waals surface area contributed by atoms with Crippen molar-refractivity contribution in [2.75, 3.05) is 11.6 Å². The van der Waals surface area contributed by atoms with Crippen LogP contribution >= 0.6 is 11.8 Å². The van der Waals surface area contributed by atoms with Crippen LogP contribution < -0.4 is 5.32 Å². The molecule has 1 N–H and O–H groups in total. The molecule has 0 bridgehead atoms. The zero-order valence-corrected chi connectivity index (χ0v) is 13.6. The topological polar surface area (TPSA) is 54.9 Å². The number of hydrogen-bond donors (Lipinski definition) is 1. The number of carbonyl (C=O) groups excluding carboxylic acids is 1. The molecule has 2 rings (SSSR count). The van der Waals surface area contributed by atoms with Gasteiger partial charge in [0, 0.05) is 23.5 Å². The van der Waals surface area contributed by atoms with Gasteiger partial charge in [-0.1, -0.05) is 11.8 Å². The van der Waals surface area contributed by atoms with Crippen LogP contribution in [0.1, 0.15) is 23.4 Å². The number of nitrogens with zero attached hydrogens (tertiary/aromatic N) is 2. The maximum atomic E-state index is 12.8. The fourth-order valence-electron chi connectivity index (χ4n) is 2.16. The Balaban J connectivity index is 1.98. The molecule has 116 valence electrons. The van der Waals surface area contributed by atoms with Crippen molar-refractivity contribution in [2.45, 2.75) is 31.8 Å². The summed E-state index contributed by atoms with van der Waals surface area (Å²) >= 11 is 1.50. The highest BCUT2D eigenvalue weighted by Gasteiger charge is 2.10. The summed E-state index contributed by atoms with van der Waals surface area (Å²) in [4.78, 5) is 20.8. The standard InChI is InChI=1S/C16H18FN3OS/c1-10-14(11(2)19-16(18-10)22-3)8-9-15(21)20-13-6-4-12(17)5-7-13/h4-7H,8-9H2,1-3H3,(H,20,21). The molecule has 1 heterocycles. The van der Waals surface area contributed by atoms with Crippen LogP contribution in [0, 0.1) is 19.7 Å². The van der Waals surface area contributed by atoms with E-state index in [1.165, 1.54) is 23.9 Å². The third-order valence-electron chi connectivity index (χ3n) is 3.31. The first kappa shape index (κ1) is 16.4. The van der Waals surface area contributed by atoms with Crippen molar-refractivity contribution >= 4 is 23.4 Å². The van der Waals surface area contributed by atoms with Gasteiger partial charge in [-0.2, -0.15) is 0 Å². The van der Waals surface area contributed by atoms with E-state index in [4.69, 9.17) is 0 Å². The van der Waals surface area contributed by atoms with Gasteiger partial charge < -0.3 is 5.32 Å². The first-order chi connectivity index (χ1) is 10.5. The lowest BCUT2D eigenvalue weighted by molar-refractivity contribution is -0.116. The molecule has 0 saturated heterocycles. The van der Waals surface area contributed by atoms with Gasteiger partial charge in [-0.25, -0.2) is 14.4 Å². The molecule has 4 nitrogen and oxygen atoms in total. The Bertz CT molecular complexity index is 651. The third kappa shape index (κ3) is 4.27. The molecular weight excluding hydrogens is 301 g/mol. The maximum absolute atomic E-state index is 12.8. The summed E-state index contributed by atoms with van der Waals surface area (Å²) in [5.74, 6) is -0.436. The molecule has 0 aliphatic heterocycles. The highest BCUT2D eigenvalue weighted by molar-refractivity contribution is 7.98. The molecule has 0 saturated carbocycles. The summed E-state index contributed by atoms with van der Waals surface area (Å²) in [6.07, 6.45) is 2.85. The number of nitrogens with one attached hydrogen (secondary N) is 1. The zero-order chi connectivity index (χ0) is 16.1. The number of amides is 1. The van der Waals surface area contributed by atoms with E-state index in [0.29, 0.717) is 18.5 Å². The second kappa shape index (κ2) is 7.35. The van der Waals surface area contributed by atoms with E-state index in [2.05, 4.69) is 15.3 Å². The molecule has 2 aromatic rings. The predicted octanol–water partition coefficient (Wildman–Crippen LogP) is 3.53. The minimum absolute atomic E-state index is 0.112. The SMILES string of the molecule is CSc1nc(C)c(CCC(=O)Nc2ccc(F)cc2)c(C)n1. The Kier molecular flexibility index (Phi) is 5.49. The number of halogens is 1. The Morgan fingerprint density at radius 1 is 1.18 bits per heavy atom. The van der Waals surface area contributed by atoms with Gasteiger partial charge in [0.2, 0.25) is 5.91 Å². The molecule has 0 aliphatic rings. The number of hydrogen-bond acceptors (Lipinski definition) is 4. The van der Waals surface area contributed by atoms with Crippen LogP contribution in [0.4, 0.5) is 10.1 Å². The summed E-state index contributed by atoms with van der Waals surface area (Å²) in [7, 11) is 0. The second-order valence-corrected chi connectivity index (χ2v) is 5.69. The molecule has 6 heteroatoms. The number of aromatic nitrogens is 2. The molecule has 1 aromatic heterocycles. The van der Waals surface area contributed by atoms with Crippen molar-refractivity contribution in [1.29, 1.82) is 0 Å². The highest BCUT2D eigenvalue weighted by atomic mass is 32.2. The third-order valence-corrected chi connectivity index (χ3v) is 3.86. The fourth-order valence-corrected chi connectivity index (χ4v) is 2.61. The van der Waals surface area contributed by atoms with Crippen LogP contribution in [0.5, 0.6) is 0 Å². The Hall–Kier alpha value is -1.95. The lowest BCUT2D eigenvalue weighted by Gasteiger charge is -2.10. The second-order valence-electron chi connectivity index (χ2n) is 4.91. The van der Waals surface area contributed by atoms with E-state index in [-0.39, 0.29) is 11.7 Å². The molecule has 0 atom stereocenters. The molecule has 0 spiro atoms. The minimum Gasteiger partial charge on any atom is -0.326 e. The van der Waals surface area contributed by atoms with Gasteiger partial charge in [-0.15, -0.1) is 0 Å². The average Bonchev–Trinajstić information content (AvgIpc) is 2.48. The summed E-state index contributed by atoms with van der Waals surface area (Å²) in [6, 6.07) is 5.72. The van der Waals surface area contributed by atoms with E-state index in [0.717, 1.165) is 22.1 Å². The Morgan fingerprint density at radius 3 is 2.32 bits per heavy atom. The van der Waals surface area contributed by atoms with E-state index in [1.807, 2.05) is 20.1 Å². The lowest BCUT2D eigenvalue weighted by atomic mass is 10.1. The number of benzene rings is 1. The smallest absolute Gasteiger partial charge is 0.224 e. The molecule has 0 aliphatic carbocycles. The number of anilines is 1. The van der Waals surface area contributed by atoms with Crippen molar-refractivity contribution in [3.63, 3.8) is 0 Å². The zero-order valence-electron chi connectivity index (χ0n) is 12.8. The Morgan fingerprint density at radius 2 is 1.77 bits per heavy atom. The molecule has 1 aromatic carbocycles. The molecule has 0 radical (unpaired) electrons.